The summed E-state index contributed by atoms with van der Waals surface area (Å²) in [5.41, 5.74) is 0.447. The van der Waals surface area contributed by atoms with Crippen molar-refractivity contribution in [2.24, 2.45) is 0 Å². The summed E-state index contributed by atoms with van der Waals surface area (Å²) >= 11 is 0. The van der Waals surface area contributed by atoms with Crippen molar-refractivity contribution >= 4 is 17.9 Å². The van der Waals surface area contributed by atoms with Crippen molar-refractivity contribution in [3.05, 3.63) is 23.8 Å². The number of nitrogens with zero attached hydrogens (tertiary/aromatic N) is 1. The zero-order valence-electron chi connectivity index (χ0n) is 20.4. The highest BCUT2D eigenvalue weighted by Crippen LogP contribution is 2.28. The van der Waals surface area contributed by atoms with E-state index in [2.05, 4.69) is 10.6 Å². The predicted octanol–water partition coefficient (Wildman–Crippen LogP) is 2.66. The molecule has 1 aromatic carbocycles. The van der Waals surface area contributed by atoms with Crippen LogP contribution in [0.15, 0.2) is 18.2 Å². The number of methoxy groups -OCH3 is 2. The van der Waals surface area contributed by atoms with Gasteiger partial charge in [-0.25, -0.2) is 4.79 Å². The molecule has 1 aliphatic heterocycles. The number of rotatable bonds is 9. The van der Waals surface area contributed by atoms with Gasteiger partial charge in [0.15, 0.2) is 11.5 Å². The number of carbonyl (C=O) groups excluding carboxylic acids is 3. The zero-order chi connectivity index (χ0) is 24.4. The number of nitrogens with one attached hydrogen (secondary N) is 2. The zero-order valence-corrected chi connectivity index (χ0v) is 20.4. The number of carbonyl (C=O) groups is 3. The molecular weight excluding hydrogens is 426 g/mol. The Morgan fingerprint density at radius 3 is 2.30 bits per heavy atom. The van der Waals surface area contributed by atoms with Crippen LogP contribution in [0, 0.1) is 0 Å². The molecule has 1 aliphatic rings. The molecule has 0 spiro atoms. The molecule has 1 fully saturated rings. The van der Waals surface area contributed by atoms with E-state index in [0.29, 0.717) is 50.3 Å². The molecule has 0 atom stereocenters. The number of hydrogen-bond acceptors (Lipinski definition) is 6. The normalized spacial score (nSPS) is 14.4. The van der Waals surface area contributed by atoms with E-state index < -0.39 is 11.7 Å². The minimum atomic E-state index is -0.570. The predicted molar refractivity (Wildman–Crippen MR) is 124 cm³/mol. The fraction of sp³-hybridized carbons (Fsp3) is 0.625. The quantitative estimate of drug-likeness (QED) is 0.583. The van der Waals surface area contributed by atoms with Crippen molar-refractivity contribution in [3.63, 3.8) is 0 Å². The fourth-order valence-corrected chi connectivity index (χ4v) is 3.61. The van der Waals surface area contributed by atoms with Gasteiger partial charge >= 0.3 is 6.09 Å². The fourth-order valence-electron chi connectivity index (χ4n) is 3.61. The second-order valence-electron chi connectivity index (χ2n) is 9.09. The van der Waals surface area contributed by atoms with Crippen molar-refractivity contribution in [3.8, 4) is 11.5 Å². The van der Waals surface area contributed by atoms with Crippen LogP contribution in [-0.2, 0) is 20.7 Å². The number of benzene rings is 1. The van der Waals surface area contributed by atoms with Crippen molar-refractivity contribution in [1.29, 1.82) is 0 Å². The van der Waals surface area contributed by atoms with Crippen LogP contribution in [0.5, 0.6) is 11.5 Å². The molecule has 9 nitrogen and oxygen atoms in total. The first kappa shape index (κ1) is 26.3. The van der Waals surface area contributed by atoms with Gasteiger partial charge in [0.25, 0.3) is 0 Å². The van der Waals surface area contributed by atoms with E-state index >= 15 is 0 Å². The molecule has 184 valence electrons. The number of likely N-dealkylation sites (tertiary alicyclic amines) is 1. The molecule has 33 heavy (non-hydrogen) atoms. The van der Waals surface area contributed by atoms with Crippen LogP contribution in [0.2, 0.25) is 0 Å². The number of aryl methyl sites for hydroxylation is 1. The Balaban J connectivity index is 1.67. The maximum absolute atomic E-state index is 12.6. The molecular formula is C24H37N3O6. The summed E-state index contributed by atoms with van der Waals surface area (Å²) in [6, 6.07) is 5.71. The van der Waals surface area contributed by atoms with Gasteiger partial charge in [0.05, 0.1) is 14.2 Å². The van der Waals surface area contributed by atoms with Crippen LogP contribution in [0.4, 0.5) is 4.79 Å². The van der Waals surface area contributed by atoms with Crippen LogP contribution in [0.1, 0.15) is 52.0 Å². The van der Waals surface area contributed by atoms with Crippen molar-refractivity contribution < 1.29 is 28.6 Å². The van der Waals surface area contributed by atoms with Crippen LogP contribution in [-0.4, -0.2) is 68.3 Å². The van der Waals surface area contributed by atoms with Gasteiger partial charge in [-0.05, 0) is 57.7 Å². The lowest BCUT2D eigenvalue weighted by molar-refractivity contribution is -0.132. The SMILES string of the molecule is COc1ccc(CCC(=O)N2CCC(NC(=O)CCNC(=O)OC(C)(C)C)CC2)cc1OC. The summed E-state index contributed by atoms with van der Waals surface area (Å²) < 4.78 is 15.7. The smallest absolute Gasteiger partial charge is 0.407 e. The summed E-state index contributed by atoms with van der Waals surface area (Å²) in [6.07, 6.45) is 2.13. The maximum atomic E-state index is 12.6. The van der Waals surface area contributed by atoms with Gasteiger partial charge in [-0.15, -0.1) is 0 Å². The first-order chi connectivity index (χ1) is 15.6. The van der Waals surface area contributed by atoms with E-state index in [1.54, 1.807) is 35.0 Å². The summed E-state index contributed by atoms with van der Waals surface area (Å²) in [6.45, 7) is 6.80. The molecule has 2 N–H and O–H groups in total. The molecule has 0 bridgehead atoms. The minimum Gasteiger partial charge on any atom is -0.493 e. The second-order valence-corrected chi connectivity index (χ2v) is 9.09. The van der Waals surface area contributed by atoms with E-state index in [1.807, 2.05) is 23.1 Å². The lowest BCUT2D eigenvalue weighted by Gasteiger charge is -2.32. The molecule has 1 heterocycles. The molecule has 0 saturated carbocycles. The number of alkyl carbamates (subject to hydrolysis) is 1. The number of hydrogen-bond donors (Lipinski definition) is 2. The average Bonchev–Trinajstić information content (AvgIpc) is 2.76. The van der Waals surface area contributed by atoms with Gasteiger partial charge in [-0.3, -0.25) is 9.59 Å². The van der Waals surface area contributed by atoms with Gasteiger partial charge in [0.1, 0.15) is 5.60 Å². The van der Waals surface area contributed by atoms with Crippen LogP contribution < -0.4 is 20.1 Å². The lowest BCUT2D eigenvalue weighted by atomic mass is 10.0. The first-order valence-corrected chi connectivity index (χ1v) is 11.4. The Morgan fingerprint density at radius 2 is 1.70 bits per heavy atom. The van der Waals surface area contributed by atoms with Gasteiger partial charge in [0, 0.05) is 38.5 Å². The van der Waals surface area contributed by atoms with Gasteiger partial charge in [-0.1, -0.05) is 6.07 Å². The van der Waals surface area contributed by atoms with Crippen LogP contribution in [0.3, 0.4) is 0 Å². The molecule has 1 saturated heterocycles. The molecule has 0 aromatic heterocycles. The highest BCUT2D eigenvalue weighted by atomic mass is 16.6. The van der Waals surface area contributed by atoms with Crippen molar-refractivity contribution in [2.45, 2.75) is 64.5 Å². The number of ether oxygens (including phenoxy) is 3. The molecule has 3 amide bonds. The molecule has 1 aromatic rings. The monoisotopic (exact) mass is 463 g/mol. The molecule has 0 unspecified atom stereocenters. The van der Waals surface area contributed by atoms with E-state index in [9.17, 15) is 14.4 Å². The molecule has 0 aliphatic carbocycles. The average molecular weight is 464 g/mol. The third kappa shape index (κ3) is 9.19. The maximum Gasteiger partial charge on any atom is 0.407 e. The summed E-state index contributed by atoms with van der Waals surface area (Å²) in [4.78, 5) is 38.2. The second kappa shape index (κ2) is 12.3. The molecule has 0 radical (unpaired) electrons. The van der Waals surface area contributed by atoms with Gasteiger partial charge in [-0.2, -0.15) is 0 Å². The molecule has 2 rings (SSSR count). The summed E-state index contributed by atoms with van der Waals surface area (Å²) in [5.74, 6) is 1.30. The Labute approximate surface area is 196 Å². The van der Waals surface area contributed by atoms with Gasteiger partial charge in [0.2, 0.25) is 11.8 Å². The highest BCUT2D eigenvalue weighted by molar-refractivity contribution is 5.78. The van der Waals surface area contributed by atoms with E-state index in [-0.39, 0.29) is 30.8 Å². The van der Waals surface area contributed by atoms with Crippen LogP contribution >= 0.6 is 0 Å². The number of amides is 3. The minimum absolute atomic E-state index is 0.0360. The third-order valence-corrected chi connectivity index (χ3v) is 5.31. The summed E-state index contributed by atoms with van der Waals surface area (Å²) in [7, 11) is 3.18. The van der Waals surface area contributed by atoms with Crippen molar-refractivity contribution in [1.82, 2.24) is 15.5 Å². The standard InChI is InChI=1S/C24H37N3O6/c1-24(2,3)33-23(30)25-13-10-21(28)26-18-11-14-27(15-12-18)22(29)9-7-17-6-8-19(31-4)20(16-17)32-5/h6,8,16,18H,7,9-15H2,1-5H3,(H,25,30)(H,26,28). The Morgan fingerprint density at radius 1 is 1.03 bits per heavy atom. The third-order valence-electron chi connectivity index (χ3n) is 5.31. The topological polar surface area (TPSA) is 106 Å². The first-order valence-electron chi connectivity index (χ1n) is 11.4. The highest BCUT2D eigenvalue weighted by Gasteiger charge is 2.24. The van der Waals surface area contributed by atoms with Crippen molar-refractivity contribution in [2.75, 3.05) is 33.9 Å². The van der Waals surface area contributed by atoms with E-state index in [1.165, 1.54) is 0 Å². The lowest BCUT2D eigenvalue weighted by Crippen LogP contribution is -2.47. The number of piperidine rings is 1. The Bertz CT molecular complexity index is 813. The molecule has 9 heteroatoms. The van der Waals surface area contributed by atoms with E-state index in [0.717, 1.165) is 5.56 Å². The largest absolute Gasteiger partial charge is 0.493 e. The van der Waals surface area contributed by atoms with Gasteiger partial charge < -0.3 is 29.7 Å². The van der Waals surface area contributed by atoms with E-state index in [4.69, 9.17) is 14.2 Å². The Hall–Kier alpha value is -2.97. The van der Waals surface area contributed by atoms with Crippen LogP contribution in [0.25, 0.3) is 0 Å². The Kier molecular flexibility index (Phi) is 9.81. The summed E-state index contributed by atoms with van der Waals surface area (Å²) in [5, 5.41) is 5.57.